The molecule has 0 bridgehead atoms. The number of aryl methyl sites for hydroxylation is 1. The summed E-state index contributed by atoms with van der Waals surface area (Å²) < 4.78 is 6.99. The molecule has 1 aromatic heterocycles. The van der Waals surface area contributed by atoms with E-state index in [0.29, 0.717) is 6.61 Å². The van der Waals surface area contributed by atoms with Gasteiger partial charge in [0, 0.05) is 26.3 Å². The van der Waals surface area contributed by atoms with Crippen molar-refractivity contribution in [3.8, 4) is 5.75 Å². The molecule has 0 aliphatic carbocycles. The molecule has 0 atom stereocenters. The molecular weight excluding hydrogens is 346 g/mol. The summed E-state index contributed by atoms with van der Waals surface area (Å²) in [6, 6.07) is 10.4. The van der Waals surface area contributed by atoms with Crippen molar-refractivity contribution in [1.82, 2.24) is 5.32 Å². The summed E-state index contributed by atoms with van der Waals surface area (Å²) in [6.45, 7) is 10.1. The number of thiophene rings is 1. The Morgan fingerprint density at radius 1 is 1.14 bits per heavy atom. The van der Waals surface area contributed by atoms with Crippen LogP contribution in [0.25, 0.3) is 0 Å². The fourth-order valence-electron chi connectivity index (χ4n) is 1.87. The van der Waals surface area contributed by atoms with Gasteiger partial charge < -0.3 is 10.1 Å². The van der Waals surface area contributed by atoms with Crippen molar-refractivity contribution in [2.75, 3.05) is 0 Å². The van der Waals surface area contributed by atoms with Crippen molar-refractivity contribution in [2.45, 2.75) is 46.4 Å². The summed E-state index contributed by atoms with van der Waals surface area (Å²) >= 11 is 5.27. The molecule has 0 spiro atoms. The zero-order valence-corrected chi connectivity index (χ0v) is 15.4. The van der Waals surface area contributed by atoms with Gasteiger partial charge in [-0.05, 0) is 63.6 Å². The average Bonchev–Trinajstić information content (AvgIpc) is 2.82. The molecule has 1 heterocycles. The van der Waals surface area contributed by atoms with E-state index in [1.54, 1.807) is 11.3 Å². The molecule has 1 aromatic carbocycles. The van der Waals surface area contributed by atoms with Crippen molar-refractivity contribution in [1.29, 1.82) is 0 Å². The van der Waals surface area contributed by atoms with E-state index in [-0.39, 0.29) is 5.54 Å². The van der Waals surface area contributed by atoms with Crippen LogP contribution < -0.4 is 10.1 Å². The summed E-state index contributed by atoms with van der Waals surface area (Å²) in [6.07, 6.45) is 0. The molecule has 0 fully saturated rings. The number of rotatable bonds is 5. The van der Waals surface area contributed by atoms with Crippen LogP contribution >= 0.6 is 27.3 Å². The van der Waals surface area contributed by atoms with Gasteiger partial charge in [-0.2, -0.15) is 0 Å². The van der Waals surface area contributed by atoms with Gasteiger partial charge in [-0.25, -0.2) is 0 Å². The lowest BCUT2D eigenvalue weighted by atomic mass is 10.1. The highest BCUT2D eigenvalue weighted by Gasteiger charge is 2.10. The van der Waals surface area contributed by atoms with E-state index in [1.165, 1.54) is 9.75 Å². The van der Waals surface area contributed by atoms with Crippen molar-refractivity contribution < 1.29 is 4.74 Å². The second-order valence-electron chi connectivity index (χ2n) is 6.17. The lowest BCUT2D eigenvalue weighted by Gasteiger charge is -2.19. The van der Waals surface area contributed by atoms with E-state index < -0.39 is 0 Å². The minimum atomic E-state index is 0.148. The SMILES string of the molecule is Cc1cc(Br)ccc1OCc1ccc(CNC(C)(C)C)s1. The Labute approximate surface area is 139 Å². The Hall–Kier alpha value is -0.840. The molecule has 1 N–H and O–H groups in total. The molecule has 21 heavy (non-hydrogen) atoms. The number of hydrogen-bond donors (Lipinski definition) is 1. The number of ether oxygens (including phenoxy) is 1. The monoisotopic (exact) mass is 367 g/mol. The molecule has 0 amide bonds. The van der Waals surface area contributed by atoms with Gasteiger partial charge in [0.15, 0.2) is 0 Å². The topological polar surface area (TPSA) is 21.3 Å². The van der Waals surface area contributed by atoms with Crippen molar-refractivity contribution >= 4 is 27.3 Å². The predicted octanol–water partition coefficient (Wildman–Crippen LogP) is 5.29. The first-order chi connectivity index (χ1) is 9.83. The summed E-state index contributed by atoms with van der Waals surface area (Å²) in [7, 11) is 0. The number of benzene rings is 1. The molecule has 0 saturated heterocycles. The summed E-state index contributed by atoms with van der Waals surface area (Å²) in [5, 5.41) is 3.51. The Morgan fingerprint density at radius 3 is 2.52 bits per heavy atom. The molecule has 0 aliphatic rings. The van der Waals surface area contributed by atoms with Crippen molar-refractivity contribution in [3.63, 3.8) is 0 Å². The molecule has 2 aromatic rings. The second-order valence-corrected chi connectivity index (χ2v) is 8.34. The number of nitrogens with one attached hydrogen (secondary N) is 1. The number of hydrogen-bond acceptors (Lipinski definition) is 3. The Kier molecular flexibility index (Phi) is 5.47. The fraction of sp³-hybridized carbons (Fsp3) is 0.412. The van der Waals surface area contributed by atoms with Crippen LogP contribution in [0.1, 0.15) is 36.1 Å². The minimum absolute atomic E-state index is 0.148. The maximum atomic E-state index is 5.91. The highest BCUT2D eigenvalue weighted by atomic mass is 79.9. The van der Waals surface area contributed by atoms with Gasteiger partial charge in [-0.1, -0.05) is 15.9 Å². The third-order valence-corrected chi connectivity index (χ3v) is 4.57. The minimum Gasteiger partial charge on any atom is -0.488 e. The smallest absolute Gasteiger partial charge is 0.122 e. The zero-order chi connectivity index (χ0) is 15.5. The second kappa shape index (κ2) is 6.95. The van der Waals surface area contributed by atoms with Crippen LogP contribution in [0.5, 0.6) is 5.75 Å². The van der Waals surface area contributed by atoms with E-state index in [2.05, 4.69) is 67.1 Å². The van der Waals surface area contributed by atoms with E-state index in [1.807, 2.05) is 12.1 Å². The van der Waals surface area contributed by atoms with Gasteiger partial charge in [0.2, 0.25) is 0 Å². The van der Waals surface area contributed by atoms with E-state index >= 15 is 0 Å². The van der Waals surface area contributed by atoms with Gasteiger partial charge in [0.05, 0.1) is 0 Å². The maximum absolute atomic E-state index is 5.91. The molecular formula is C17H22BrNOS. The first-order valence-electron chi connectivity index (χ1n) is 7.05. The molecule has 114 valence electrons. The number of halogens is 1. The molecule has 0 saturated carbocycles. The Bertz CT molecular complexity index is 601. The molecule has 0 aliphatic heterocycles. The summed E-state index contributed by atoms with van der Waals surface area (Å²) in [5.74, 6) is 0.945. The first-order valence-corrected chi connectivity index (χ1v) is 8.66. The molecule has 0 unspecified atom stereocenters. The highest BCUT2D eigenvalue weighted by Crippen LogP contribution is 2.24. The Balaban J connectivity index is 1.90. The fourth-order valence-corrected chi connectivity index (χ4v) is 3.22. The van der Waals surface area contributed by atoms with Crippen LogP contribution in [0.4, 0.5) is 0 Å². The first kappa shape index (κ1) is 16.5. The van der Waals surface area contributed by atoms with Crippen molar-refractivity contribution in [3.05, 3.63) is 50.1 Å². The van der Waals surface area contributed by atoms with Crippen LogP contribution in [0.2, 0.25) is 0 Å². The van der Waals surface area contributed by atoms with Crippen LogP contribution in [0.15, 0.2) is 34.8 Å². The van der Waals surface area contributed by atoms with E-state index in [9.17, 15) is 0 Å². The quantitative estimate of drug-likeness (QED) is 0.775. The normalized spacial score (nSPS) is 11.7. The third kappa shape index (κ3) is 5.46. The lowest BCUT2D eigenvalue weighted by Crippen LogP contribution is -2.34. The third-order valence-electron chi connectivity index (χ3n) is 3.02. The molecule has 2 rings (SSSR count). The molecule has 0 radical (unpaired) electrons. The molecule has 4 heteroatoms. The van der Waals surface area contributed by atoms with Crippen LogP contribution in [-0.4, -0.2) is 5.54 Å². The van der Waals surface area contributed by atoms with Crippen LogP contribution in [-0.2, 0) is 13.2 Å². The van der Waals surface area contributed by atoms with Gasteiger partial charge in [-0.15, -0.1) is 11.3 Å². The van der Waals surface area contributed by atoms with E-state index in [0.717, 1.165) is 22.3 Å². The Morgan fingerprint density at radius 2 is 1.86 bits per heavy atom. The zero-order valence-electron chi connectivity index (χ0n) is 13.0. The van der Waals surface area contributed by atoms with Crippen LogP contribution in [0.3, 0.4) is 0 Å². The summed E-state index contributed by atoms with van der Waals surface area (Å²) in [4.78, 5) is 2.60. The average molecular weight is 368 g/mol. The lowest BCUT2D eigenvalue weighted by molar-refractivity contribution is 0.307. The predicted molar refractivity (Wildman–Crippen MR) is 94.1 cm³/mol. The highest BCUT2D eigenvalue weighted by molar-refractivity contribution is 9.10. The molecule has 2 nitrogen and oxygen atoms in total. The van der Waals surface area contributed by atoms with Gasteiger partial charge in [0.25, 0.3) is 0 Å². The standard InChI is InChI=1S/C17H22BrNOS/c1-12-9-13(18)5-8-16(12)20-11-15-7-6-14(21-15)10-19-17(2,3)4/h5-9,19H,10-11H2,1-4H3. The van der Waals surface area contributed by atoms with Gasteiger partial charge in [-0.3, -0.25) is 0 Å². The maximum Gasteiger partial charge on any atom is 0.122 e. The van der Waals surface area contributed by atoms with Gasteiger partial charge in [0.1, 0.15) is 12.4 Å². The van der Waals surface area contributed by atoms with Crippen molar-refractivity contribution in [2.24, 2.45) is 0 Å². The van der Waals surface area contributed by atoms with Crippen LogP contribution in [0, 0.1) is 6.92 Å². The van der Waals surface area contributed by atoms with E-state index in [4.69, 9.17) is 4.74 Å². The van der Waals surface area contributed by atoms with Gasteiger partial charge >= 0.3 is 0 Å². The summed E-state index contributed by atoms with van der Waals surface area (Å²) in [5.41, 5.74) is 1.30. The largest absolute Gasteiger partial charge is 0.488 e.